The van der Waals surface area contributed by atoms with Crippen molar-refractivity contribution in [1.82, 2.24) is 20.1 Å². The molecule has 0 aliphatic heterocycles. The highest BCUT2D eigenvalue weighted by Gasteiger charge is 2.66. The minimum Gasteiger partial charge on any atom is -0.441 e. The first-order valence-electron chi connectivity index (χ1n) is 11.3. The van der Waals surface area contributed by atoms with Gasteiger partial charge in [0, 0.05) is 18.0 Å². The van der Waals surface area contributed by atoms with Crippen LogP contribution in [0.1, 0.15) is 68.4 Å². The number of amides is 1. The smallest absolute Gasteiger partial charge is 0.309 e. The van der Waals surface area contributed by atoms with Gasteiger partial charge < -0.3 is 9.32 Å². The number of rotatable bonds is 5. The molecule has 172 valence electrons. The van der Waals surface area contributed by atoms with Crippen molar-refractivity contribution in [2.45, 2.75) is 57.9 Å². The molecule has 2 aliphatic rings. The maximum Gasteiger partial charge on any atom is 0.309 e. The van der Waals surface area contributed by atoms with E-state index >= 15 is 0 Å². The molecule has 1 aromatic carbocycles. The van der Waals surface area contributed by atoms with E-state index in [4.69, 9.17) is 4.42 Å². The van der Waals surface area contributed by atoms with E-state index in [-0.39, 0.29) is 40.4 Å². The Labute approximate surface area is 191 Å². The summed E-state index contributed by atoms with van der Waals surface area (Å²) >= 11 is 0. The average Bonchev–Trinajstić information content (AvgIpc) is 3.45. The monoisotopic (exact) mass is 452 g/mol. The number of benzene rings is 1. The van der Waals surface area contributed by atoms with Crippen molar-refractivity contribution in [3.63, 3.8) is 0 Å². The fourth-order valence-electron chi connectivity index (χ4n) is 6.47. The van der Waals surface area contributed by atoms with Crippen molar-refractivity contribution in [3.8, 4) is 11.3 Å². The minimum absolute atomic E-state index is 0.0575. The van der Waals surface area contributed by atoms with Crippen LogP contribution in [-0.2, 0) is 5.41 Å². The summed E-state index contributed by atoms with van der Waals surface area (Å²) in [6, 6.07) is 5.35. The maximum absolute atomic E-state index is 14.4. The van der Waals surface area contributed by atoms with Crippen molar-refractivity contribution in [2.75, 3.05) is 6.54 Å². The standard InChI is InChI=1S/C25H26F2N4O2/c1-5-31(23(32)22-28-11-12-33-22)14(2)25-10-9-16(24(25,3)4)15-13-19(29-30-21(15)25)20-17(26)7-6-8-18(20)27/h6-8,11-14,16H,5,9-10H2,1-4H3/t14-,16-,25-/m0/s1. The van der Waals surface area contributed by atoms with Crippen molar-refractivity contribution in [3.05, 3.63) is 65.5 Å². The number of hydrogen-bond donors (Lipinski definition) is 0. The highest BCUT2D eigenvalue weighted by molar-refractivity contribution is 5.90. The lowest BCUT2D eigenvalue weighted by Gasteiger charge is -2.46. The van der Waals surface area contributed by atoms with Gasteiger partial charge in [-0.2, -0.15) is 10.2 Å². The molecule has 2 bridgehead atoms. The van der Waals surface area contributed by atoms with Crippen LogP contribution in [0.5, 0.6) is 0 Å². The van der Waals surface area contributed by atoms with E-state index in [2.05, 4.69) is 29.0 Å². The zero-order valence-corrected chi connectivity index (χ0v) is 19.1. The predicted molar refractivity (Wildman–Crippen MR) is 117 cm³/mol. The van der Waals surface area contributed by atoms with Crippen LogP contribution >= 0.6 is 0 Å². The highest BCUT2D eigenvalue weighted by Crippen LogP contribution is 2.69. The first-order chi connectivity index (χ1) is 15.7. The summed E-state index contributed by atoms with van der Waals surface area (Å²) in [4.78, 5) is 19.0. The number of aromatic nitrogens is 3. The Bertz CT molecular complexity index is 1210. The van der Waals surface area contributed by atoms with Gasteiger partial charge >= 0.3 is 5.91 Å². The molecule has 1 fully saturated rings. The largest absolute Gasteiger partial charge is 0.441 e. The van der Waals surface area contributed by atoms with Gasteiger partial charge in [-0.1, -0.05) is 19.9 Å². The van der Waals surface area contributed by atoms with Crippen LogP contribution in [-0.4, -0.2) is 38.6 Å². The Morgan fingerprint density at radius 2 is 2.00 bits per heavy atom. The lowest BCUT2D eigenvalue weighted by atomic mass is 9.64. The van der Waals surface area contributed by atoms with Crippen LogP contribution in [0.3, 0.4) is 0 Å². The molecule has 0 unspecified atom stereocenters. The van der Waals surface area contributed by atoms with E-state index in [0.29, 0.717) is 6.54 Å². The van der Waals surface area contributed by atoms with E-state index in [1.165, 1.54) is 30.7 Å². The van der Waals surface area contributed by atoms with Crippen LogP contribution in [0.2, 0.25) is 0 Å². The van der Waals surface area contributed by atoms with Crippen molar-refractivity contribution < 1.29 is 18.0 Å². The van der Waals surface area contributed by atoms with Crippen LogP contribution in [0.4, 0.5) is 8.78 Å². The Hall–Kier alpha value is -3.16. The quantitative estimate of drug-likeness (QED) is 0.538. The lowest BCUT2D eigenvalue weighted by Crippen LogP contribution is -2.55. The van der Waals surface area contributed by atoms with Gasteiger partial charge in [0.15, 0.2) is 0 Å². The molecule has 6 nitrogen and oxygen atoms in total. The molecule has 3 aromatic rings. The Kier molecular flexibility index (Phi) is 4.88. The Morgan fingerprint density at radius 1 is 1.27 bits per heavy atom. The molecule has 8 heteroatoms. The molecule has 5 rings (SSSR count). The zero-order chi connectivity index (χ0) is 23.5. The summed E-state index contributed by atoms with van der Waals surface area (Å²) in [7, 11) is 0. The van der Waals surface area contributed by atoms with Crippen molar-refractivity contribution >= 4 is 5.91 Å². The number of hydrogen-bond acceptors (Lipinski definition) is 5. The highest BCUT2D eigenvalue weighted by atomic mass is 19.1. The molecule has 2 aromatic heterocycles. The third-order valence-electron chi connectivity index (χ3n) is 8.09. The van der Waals surface area contributed by atoms with Crippen LogP contribution in [0.25, 0.3) is 11.3 Å². The molecule has 1 amide bonds. The Balaban J connectivity index is 1.62. The van der Waals surface area contributed by atoms with E-state index in [9.17, 15) is 13.6 Å². The summed E-state index contributed by atoms with van der Waals surface area (Å²) < 4.78 is 34.2. The third kappa shape index (κ3) is 2.82. The second-order valence-electron chi connectivity index (χ2n) is 9.52. The SMILES string of the molecule is CCN(C(=O)c1ncco1)[C@@H](C)[C@@]12CC[C@@H](c3cc(-c4c(F)cccc4F)nnc31)C2(C)C. The second-order valence-corrected chi connectivity index (χ2v) is 9.52. The molecule has 33 heavy (non-hydrogen) atoms. The summed E-state index contributed by atoms with van der Waals surface area (Å²) in [6.45, 7) is 8.83. The summed E-state index contributed by atoms with van der Waals surface area (Å²) in [5.41, 5.74) is 1.12. The van der Waals surface area contributed by atoms with Crippen LogP contribution in [0.15, 0.2) is 41.1 Å². The molecule has 2 aliphatic carbocycles. The fourth-order valence-corrected chi connectivity index (χ4v) is 6.47. The van der Waals surface area contributed by atoms with Gasteiger partial charge in [-0.3, -0.25) is 4.79 Å². The van der Waals surface area contributed by atoms with Crippen LogP contribution in [0, 0.1) is 17.0 Å². The van der Waals surface area contributed by atoms with Crippen molar-refractivity contribution in [1.29, 1.82) is 0 Å². The third-order valence-corrected chi connectivity index (χ3v) is 8.09. The topological polar surface area (TPSA) is 72.1 Å². The van der Waals surface area contributed by atoms with Gasteiger partial charge in [0.1, 0.15) is 17.9 Å². The van der Waals surface area contributed by atoms with E-state index < -0.39 is 17.0 Å². The molecule has 2 heterocycles. The summed E-state index contributed by atoms with van der Waals surface area (Å²) in [5.74, 6) is -1.39. The lowest BCUT2D eigenvalue weighted by molar-refractivity contribution is 0.0413. The first kappa shape index (κ1) is 21.7. The number of likely N-dealkylation sites (N-methyl/N-ethyl adjacent to an activating group) is 1. The number of halogens is 2. The average molecular weight is 453 g/mol. The molecular formula is C25H26F2N4O2. The summed E-state index contributed by atoms with van der Waals surface area (Å²) in [5, 5.41) is 8.84. The first-order valence-corrected chi connectivity index (χ1v) is 11.3. The predicted octanol–water partition coefficient (Wildman–Crippen LogP) is 5.12. The molecule has 3 atom stereocenters. The number of fused-ring (bicyclic) bond motifs is 5. The summed E-state index contributed by atoms with van der Waals surface area (Å²) in [6.07, 6.45) is 4.59. The number of nitrogens with zero attached hydrogens (tertiary/aromatic N) is 4. The van der Waals surface area contributed by atoms with Gasteiger partial charge in [0.05, 0.1) is 23.1 Å². The van der Waals surface area contributed by atoms with Crippen LogP contribution < -0.4 is 0 Å². The fraction of sp³-hybridized carbons (Fsp3) is 0.440. The minimum atomic E-state index is -0.663. The molecule has 0 radical (unpaired) electrons. The normalized spacial score (nSPS) is 23.4. The van der Waals surface area contributed by atoms with Gasteiger partial charge in [0.25, 0.3) is 5.89 Å². The van der Waals surface area contributed by atoms with E-state index in [1.807, 2.05) is 13.8 Å². The van der Waals surface area contributed by atoms with E-state index in [0.717, 1.165) is 24.1 Å². The number of oxazole rings is 1. The van der Waals surface area contributed by atoms with E-state index in [1.54, 1.807) is 11.0 Å². The van der Waals surface area contributed by atoms with Gasteiger partial charge in [-0.15, -0.1) is 0 Å². The van der Waals surface area contributed by atoms with Gasteiger partial charge in [-0.25, -0.2) is 13.8 Å². The molecule has 0 spiro atoms. The number of carbonyl (C=O) groups excluding carboxylic acids is 1. The molecular weight excluding hydrogens is 426 g/mol. The van der Waals surface area contributed by atoms with Gasteiger partial charge in [-0.05, 0) is 61.8 Å². The number of carbonyl (C=O) groups is 1. The molecule has 0 saturated heterocycles. The van der Waals surface area contributed by atoms with Crippen molar-refractivity contribution in [2.24, 2.45) is 5.41 Å². The Morgan fingerprint density at radius 3 is 2.64 bits per heavy atom. The molecule has 1 saturated carbocycles. The maximum atomic E-state index is 14.4. The zero-order valence-electron chi connectivity index (χ0n) is 19.1. The molecule has 0 N–H and O–H groups in total. The van der Waals surface area contributed by atoms with Gasteiger partial charge in [0.2, 0.25) is 0 Å². The second kappa shape index (κ2) is 7.43.